The summed E-state index contributed by atoms with van der Waals surface area (Å²) < 4.78 is 12.1. The summed E-state index contributed by atoms with van der Waals surface area (Å²) in [7, 11) is 0. The molecule has 5 heterocycles. The largest absolute Gasteiger partial charge is 0.507 e. The van der Waals surface area contributed by atoms with Gasteiger partial charge in [-0.15, -0.1) is 21.8 Å². The number of ether oxygens (including phenoxy) is 2. The van der Waals surface area contributed by atoms with Crippen molar-refractivity contribution in [3.63, 3.8) is 0 Å². The summed E-state index contributed by atoms with van der Waals surface area (Å²) in [4.78, 5) is 31.5. The number of benzene rings is 4. The molecule has 6 aromatic rings. The maximum Gasteiger partial charge on any atom is 0.242 e. The summed E-state index contributed by atoms with van der Waals surface area (Å²) in [6.45, 7) is 6.08. The summed E-state index contributed by atoms with van der Waals surface area (Å²) in [5.41, 5.74) is 11.5. The lowest BCUT2D eigenvalue weighted by Crippen LogP contribution is -2.54. The molecule has 2 bridgehead atoms. The number of anilines is 4. The fourth-order valence-corrected chi connectivity index (χ4v) is 9.78. The zero-order chi connectivity index (χ0) is 45.2. The Morgan fingerprint density at radius 1 is 0.773 bits per heavy atom. The molecule has 3 aliphatic rings. The SMILES string of the molecule is Nc1nnc(-c2ccccc2O)cc1N1CC2CCC(C1)N2c1ncc(C2CCN(CCCCCCOc3ccc(Oc4ccc(N(Cc5ccccc5)C(=O)CCl)cc4)cc3)CC2)cn1. The smallest absolute Gasteiger partial charge is 0.242 e. The van der Waals surface area contributed by atoms with Gasteiger partial charge in [0, 0.05) is 48.8 Å². The van der Waals surface area contributed by atoms with Crippen LogP contribution >= 0.6 is 11.6 Å². The number of para-hydroxylation sites is 1. The first-order chi connectivity index (χ1) is 32.4. The summed E-state index contributed by atoms with van der Waals surface area (Å²) in [6, 6.07) is 34.7. The van der Waals surface area contributed by atoms with Gasteiger partial charge in [0.05, 0.1) is 24.5 Å². The number of hydrogen-bond donors (Lipinski definition) is 2. The van der Waals surface area contributed by atoms with Gasteiger partial charge in [-0.25, -0.2) is 9.97 Å². The van der Waals surface area contributed by atoms with Crippen LogP contribution in [0.5, 0.6) is 23.0 Å². The van der Waals surface area contributed by atoms with E-state index in [9.17, 15) is 9.90 Å². The van der Waals surface area contributed by atoms with Gasteiger partial charge in [0.2, 0.25) is 11.9 Å². The van der Waals surface area contributed by atoms with Crippen molar-refractivity contribution < 1.29 is 19.4 Å². The topological polar surface area (TPSA) is 146 Å². The Morgan fingerprint density at radius 2 is 1.42 bits per heavy atom. The molecule has 4 aromatic carbocycles. The van der Waals surface area contributed by atoms with E-state index in [0.717, 1.165) is 99.9 Å². The number of fused-ring (bicyclic) bond motifs is 2. The second kappa shape index (κ2) is 21.2. The molecule has 14 heteroatoms. The number of alkyl halides is 1. The second-order valence-electron chi connectivity index (χ2n) is 17.6. The zero-order valence-electron chi connectivity index (χ0n) is 37.3. The molecule has 3 fully saturated rings. The van der Waals surface area contributed by atoms with Crippen LogP contribution in [0, 0.1) is 0 Å². The molecule has 342 valence electrons. The number of nitrogens with zero attached hydrogens (tertiary/aromatic N) is 8. The molecule has 3 N–H and O–H groups in total. The number of amides is 1. The number of aromatic hydroxyl groups is 1. The van der Waals surface area contributed by atoms with Crippen LogP contribution in [-0.4, -0.2) is 93.4 Å². The number of piperazine rings is 1. The number of carbonyl (C=O) groups is 1. The number of hydrogen-bond acceptors (Lipinski definition) is 12. The van der Waals surface area contributed by atoms with Crippen molar-refractivity contribution in [3.8, 4) is 34.3 Å². The number of nitrogen functional groups attached to an aromatic ring is 1. The fourth-order valence-electron chi connectivity index (χ4n) is 9.63. The predicted octanol–water partition coefficient (Wildman–Crippen LogP) is 9.46. The number of phenolic OH excluding ortho intramolecular Hbond substituents is 1. The van der Waals surface area contributed by atoms with Crippen molar-refractivity contribution in [2.45, 2.75) is 75.9 Å². The molecule has 9 rings (SSSR count). The van der Waals surface area contributed by atoms with Crippen LogP contribution in [-0.2, 0) is 11.3 Å². The minimum absolute atomic E-state index is 0.0888. The van der Waals surface area contributed by atoms with Gasteiger partial charge in [0.1, 0.15) is 28.9 Å². The van der Waals surface area contributed by atoms with E-state index in [0.29, 0.717) is 47.6 Å². The van der Waals surface area contributed by atoms with Gasteiger partial charge >= 0.3 is 0 Å². The lowest BCUT2D eigenvalue weighted by Gasteiger charge is -2.42. The van der Waals surface area contributed by atoms with E-state index < -0.39 is 0 Å². The molecular formula is C52H58ClN9O4. The highest BCUT2D eigenvalue weighted by atomic mass is 35.5. The number of halogens is 1. The van der Waals surface area contributed by atoms with E-state index in [1.54, 1.807) is 17.0 Å². The minimum Gasteiger partial charge on any atom is -0.507 e. The zero-order valence-corrected chi connectivity index (χ0v) is 38.1. The van der Waals surface area contributed by atoms with Crippen molar-refractivity contribution in [1.29, 1.82) is 0 Å². The van der Waals surface area contributed by atoms with Gasteiger partial charge in [-0.2, -0.15) is 0 Å². The molecule has 13 nitrogen and oxygen atoms in total. The summed E-state index contributed by atoms with van der Waals surface area (Å²) in [6.07, 6.45) is 13.1. The van der Waals surface area contributed by atoms with Gasteiger partial charge < -0.3 is 39.9 Å². The van der Waals surface area contributed by atoms with Crippen LogP contribution in [0.15, 0.2) is 122 Å². The lowest BCUT2D eigenvalue weighted by molar-refractivity contribution is -0.116. The molecular weight excluding hydrogens is 850 g/mol. The Kier molecular flexibility index (Phi) is 14.4. The van der Waals surface area contributed by atoms with Crippen molar-refractivity contribution in [2.24, 2.45) is 0 Å². The number of phenols is 1. The monoisotopic (exact) mass is 907 g/mol. The van der Waals surface area contributed by atoms with E-state index in [1.807, 2.05) is 97.1 Å². The standard InChI is InChI=1S/C52H58ClN9O4/c53-31-50(64)61(34-37-10-4-3-5-11-37)40-16-18-44(19-17-40)66-45-22-20-43(21-23-45)65-29-9-2-1-8-26-59-27-24-38(25-28-59)39-32-55-52(56-33-39)62-41-14-15-42(62)36-60(35-41)48-30-47(57-58-51(48)54)46-12-6-7-13-49(46)63/h3-7,10-13,16-23,30,32-33,38,41-42,63H,1-2,8-9,14-15,24-29,31,34-36H2,(H2,54,58). The molecule has 0 aliphatic carbocycles. The highest BCUT2D eigenvalue weighted by molar-refractivity contribution is 6.29. The van der Waals surface area contributed by atoms with Crippen LogP contribution in [0.3, 0.4) is 0 Å². The third-order valence-electron chi connectivity index (χ3n) is 13.2. The lowest BCUT2D eigenvalue weighted by atomic mass is 9.91. The molecule has 2 atom stereocenters. The number of nitrogens with two attached hydrogens (primary N) is 1. The Morgan fingerprint density at radius 3 is 2.12 bits per heavy atom. The Labute approximate surface area is 392 Å². The van der Waals surface area contributed by atoms with Crippen LogP contribution in [0.25, 0.3) is 11.3 Å². The fraction of sp³-hybridized carbons (Fsp3) is 0.365. The first kappa shape index (κ1) is 44.7. The van der Waals surface area contributed by atoms with Crippen molar-refractivity contribution in [2.75, 3.05) is 65.6 Å². The molecule has 3 saturated heterocycles. The minimum atomic E-state index is -0.155. The normalized spacial score (nSPS) is 17.5. The predicted molar refractivity (Wildman–Crippen MR) is 261 cm³/mol. The van der Waals surface area contributed by atoms with Crippen LogP contribution in [0.4, 0.5) is 23.1 Å². The van der Waals surface area contributed by atoms with Gasteiger partial charge in [-0.05, 0) is 142 Å². The summed E-state index contributed by atoms with van der Waals surface area (Å²) >= 11 is 5.93. The molecule has 0 spiro atoms. The average Bonchev–Trinajstić information content (AvgIpc) is 3.62. The summed E-state index contributed by atoms with van der Waals surface area (Å²) in [5.74, 6) is 3.86. The molecule has 0 saturated carbocycles. The van der Waals surface area contributed by atoms with Gasteiger partial charge in [0.25, 0.3) is 0 Å². The number of likely N-dealkylation sites (tertiary alicyclic amines) is 1. The number of rotatable bonds is 18. The first-order valence-corrected chi connectivity index (χ1v) is 23.8. The number of unbranched alkanes of at least 4 members (excludes halogenated alkanes) is 3. The molecule has 2 unspecified atom stereocenters. The third kappa shape index (κ3) is 10.8. The highest BCUT2D eigenvalue weighted by Gasteiger charge is 2.42. The number of carbonyl (C=O) groups excluding carboxylic acids is 1. The maximum absolute atomic E-state index is 12.6. The molecule has 66 heavy (non-hydrogen) atoms. The molecule has 0 radical (unpaired) electrons. The van der Waals surface area contributed by atoms with Crippen LogP contribution in [0.2, 0.25) is 0 Å². The molecule has 3 aliphatic heterocycles. The average molecular weight is 909 g/mol. The van der Waals surface area contributed by atoms with E-state index >= 15 is 0 Å². The molecule has 1 amide bonds. The van der Waals surface area contributed by atoms with Gasteiger partial charge in [-0.1, -0.05) is 55.3 Å². The Hall–Kier alpha value is -6.44. The van der Waals surface area contributed by atoms with Crippen molar-refractivity contribution in [1.82, 2.24) is 25.1 Å². The van der Waals surface area contributed by atoms with Crippen LogP contribution < -0.4 is 29.9 Å². The third-order valence-corrected chi connectivity index (χ3v) is 13.4. The quantitative estimate of drug-likeness (QED) is 0.0626. The number of aromatic nitrogens is 4. The van der Waals surface area contributed by atoms with E-state index in [1.165, 1.54) is 18.4 Å². The second-order valence-corrected chi connectivity index (χ2v) is 17.8. The molecule has 2 aromatic heterocycles. The first-order valence-electron chi connectivity index (χ1n) is 23.3. The van der Waals surface area contributed by atoms with E-state index in [-0.39, 0.29) is 29.6 Å². The Bertz CT molecular complexity index is 2490. The van der Waals surface area contributed by atoms with Crippen molar-refractivity contribution >= 4 is 40.6 Å². The number of piperidine rings is 1. The van der Waals surface area contributed by atoms with Gasteiger partial charge in [-0.3, -0.25) is 4.79 Å². The Balaban J connectivity index is 0.656. The summed E-state index contributed by atoms with van der Waals surface area (Å²) in [5, 5.41) is 18.9. The van der Waals surface area contributed by atoms with Gasteiger partial charge in [0.15, 0.2) is 5.82 Å². The highest BCUT2D eigenvalue weighted by Crippen LogP contribution is 2.39. The maximum atomic E-state index is 12.6. The van der Waals surface area contributed by atoms with E-state index in [2.05, 4.69) is 37.3 Å². The van der Waals surface area contributed by atoms with E-state index in [4.69, 9.17) is 36.8 Å². The van der Waals surface area contributed by atoms with Crippen molar-refractivity contribution in [3.05, 3.63) is 133 Å². The van der Waals surface area contributed by atoms with Crippen LogP contribution in [0.1, 0.15) is 68.4 Å².